The smallest absolute Gasteiger partial charge is 0.349 e. The number of anilines is 1. The van der Waals surface area contributed by atoms with Gasteiger partial charge in [0, 0.05) is 37.8 Å². The Labute approximate surface area is 166 Å². The van der Waals surface area contributed by atoms with Gasteiger partial charge in [-0.2, -0.15) is 4.98 Å². The van der Waals surface area contributed by atoms with Gasteiger partial charge in [-0.25, -0.2) is 9.78 Å². The average molecular weight is 400 g/mol. The summed E-state index contributed by atoms with van der Waals surface area (Å²) in [7, 11) is 0. The number of aliphatic hydroxyl groups is 1. The van der Waals surface area contributed by atoms with Gasteiger partial charge in [-0.3, -0.25) is 9.78 Å². The summed E-state index contributed by atoms with van der Waals surface area (Å²) in [5, 5.41) is 12.4. The van der Waals surface area contributed by atoms with Crippen molar-refractivity contribution < 1.29 is 9.90 Å². The van der Waals surface area contributed by atoms with Crippen molar-refractivity contribution in [3.8, 4) is 11.5 Å². The summed E-state index contributed by atoms with van der Waals surface area (Å²) in [6, 6.07) is 3.72. The van der Waals surface area contributed by atoms with Gasteiger partial charge >= 0.3 is 5.69 Å². The van der Waals surface area contributed by atoms with E-state index in [4.69, 9.17) is 10.8 Å². The van der Waals surface area contributed by atoms with Crippen molar-refractivity contribution in [1.82, 2.24) is 19.5 Å². The Morgan fingerprint density at radius 3 is 2.79 bits per heavy atom. The summed E-state index contributed by atoms with van der Waals surface area (Å²) in [5.74, 6) is -0.187. The third kappa shape index (κ3) is 4.33. The van der Waals surface area contributed by atoms with Gasteiger partial charge < -0.3 is 25.5 Å². The number of nitrogens with zero attached hydrogens (tertiary/aromatic N) is 3. The van der Waals surface area contributed by atoms with Gasteiger partial charge in [-0.15, -0.1) is 0 Å². The number of aryl methyl sites for hydroxylation is 2. The number of aldehydes is 1. The molecule has 0 radical (unpaired) electrons. The van der Waals surface area contributed by atoms with Gasteiger partial charge in [0.1, 0.15) is 6.29 Å². The van der Waals surface area contributed by atoms with Crippen LogP contribution < -0.4 is 22.3 Å². The number of nitrogens with one attached hydrogen (secondary N) is 2. The predicted octanol–water partition coefficient (Wildman–Crippen LogP) is -0.149. The van der Waals surface area contributed by atoms with E-state index in [1.807, 2.05) is 19.1 Å². The van der Waals surface area contributed by atoms with Crippen molar-refractivity contribution >= 4 is 23.0 Å². The standard InChI is InChI=1S/C19H24N6O4/c1-11-8-14-15(9-13(11)21-5-4-20)25(6-2-12(10-27)3-7-26)17-16(22-14)18(28)24-19(29)23-17/h8-10,12,21,26H,2-7,20H2,1H3,(H,24,28,29). The highest BCUT2D eigenvalue weighted by Crippen LogP contribution is 2.27. The maximum Gasteiger partial charge on any atom is 0.349 e. The average Bonchev–Trinajstić information content (AvgIpc) is 2.69. The molecule has 2 aliphatic heterocycles. The molecule has 154 valence electrons. The quantitative estimate of drug-likeness (QED) is 0.285. The molecule has 3 rings (SSSR count). The number of benzene rings is 1. The number of aromatic nitrogens is 4. The number of carbonyl (C=O) groups is 1. The first-order valence-corrected chi connectivity index (χ1v) is 9.43. The zero-order valence-electron chi connectivity index (χ0n) is 16.1. The van der Waals surface area contributed by atoms with E-state index in [-0.39, 0.29) is 24.0 Å². The maximum absolute atomic E-state index is 12.3. The lowest BCUT2D eigenvalue weighted by Gasteiger charge is -2.19. The maximum atomic E-state index is 12.3. The molecule has 29 heavy (non-hydrogen) atoms. The molecule has 1 aromatic rings. The number of aliphatic hydroxyl groups excluding tert-OH is 1. The molecule has 1 atom stereocenters. The SMILES string of the molecule is Cc1cc2nc3c(=O)[nH]c(=O)nc-3n(CCC(C=O)CCO)c2cc1NCCN. The molecular weight excluding hydrogens is 376 g/mol. The molecular formula is C19H24N6O4. The monoisotopic (exact) mass is 400 g/mol. The zero-order chi connectivity index (χ0) is 21.0. The Balaban J connectivity index is 2.22. The first-order chi connectivity index (χ1) is 14.0. The van der Waals surface area contributed by atoms with Gasteiger partial charge in [-0.05, 0) is 37.5 Å². The lowest BCUT2D eigenvalue weighted by molar-refractivity contribution is -0.111. The van der Waals surface area contributed by atoms with Crippen LogP contribution in [0.4, 0.5) is 5.69 Å². The summed E-state index contributed by atoms with van der Waals surface area (Å²) in [6.07, 6.45) is 1.57. The van der Waals surface area contributed by atoms with Gasteiger partial charge in [0.05, 0.1) is 11.0 Å². The molecule has 10 heteroatoms. The highest BCUT2D eigenvalue weighted by molar-refractivity contribution is 5.84. The number of H-pyrrole nitrogens is 1. The Morgan fingerprint density at radius 1 is 1.31 bits per heavy atom. The Kier molecular flexibility index (Phi) is 6.35. The number of aromatic amines is 1. The highest BCUT2D eigenvalue weighted by Gasteiger charge is 2.20. The number of fused-ring (bicyclic) bond motifs is 2. The number of carbonyl (C=O) groups excluding carboxylic acids is 1. The Bertz CT molecular complexity index is 1110. The van der Waals surface area contributed by atoms with E-state index in [0.29, 0.717) is 43.5 Å². The van der Waals surface area contributed by atoms with E-state index in [9.17, 15) is 14.4 Å². The molecule has 0 aromatic heterocycles. The molecule has 0 amide bonds. The molecule has 2 heterocycles. The van der Waals surface area contributed by atoms with Crippen molar-refractivity contribution in [2.45, 2.75) is 26.3 Å². The van der Waals surface area contributed by atoms with Gasteiger partial charge in [-0.1, -0.05) is 0 Å². The van der Waals surface area contributed by atoms with Crippen LogP contribution in [-0.2, 0) is 11.3 Å². The molecule has 1 aromatic carbocycles. The van der Waals surface area contributed by atoms with Crippen LogP contribution in [0.5, 0.6) is 0 Å². The van der Waals surface area contributed by atoms with Crippen LogP contribution in [-0.4, -0.2) is 50.6 Å². The van der Waals surface area contributed by atoms with Crippen molar-refractivity contribution in [1.29, 1.82) is 0 Å². The largest absolute Gasteiger partial charge is 0.396 e. The molecule has 0 saturated heterocycles. The molecule has 2 aliphatic rings. The molecule has 0 spiro atoms. The Hall–Kier alpha value is -3.11. The summed E-state index contributed by atoms with van der Waals surface area (Å²) in [4.78, 5) is 45.9. The first kappa shape index (κ1) is 20.6. The molecule has 0 aliphatic carbocycles. The topological polar surface area (TPSA) is 156 Å². The minimum Gasteiger partial charge on any atom is -0.396 e. The lowest BCUT2D eigenvalue weighted by Crippen LogP contribution is -2.29. The van der Waals surface area contributed by atoms with Gasteiger partial charge in [0.15, 0.2) is 11.5 Å². The van der Waals surface area contributed by atoms with Gasteiger partial charge in [0.25, 0.3) is 5.56 Å². The van der Waals surface area contributed by atoms with Crippen molar-refractivity contribution in [2.24, 2.45) is 11.7 Å². The number of hydrogen-bond donors (Lipinski definition) is 4. The highest BCUT2D eigenvalue weighted by atomic mass is 16.3. The minimum absolute atomic E-state index is 0.0592. The second-order valence-electron chi connectivity index (χ2n) is 6.88. The molecule has 5 N–H and O–H groups in total. The van der Waals surface area contributed by atoms with Crippen molar-refractivity contribution in [3.05, 3.63) is 38.5 Å². The molecule has 1 unspecified atom stereocenters. The molecule has 0 bridgehead atoms. The third-order valence-corrected chi connectivity index (χ3v) is 4.83. The van der Waals surface area contributed by atoms with E-state index < -0.39 is 11.2 Å². The van der Waals surface area contributed by atoms with Gasteiger partial charge in [0.2, 0.25) is 0 Å². The second kappa shape index (κ2) is 8.93. The van der Waals surface area contributed by atoms with Crippen LogP contribution in [0.1, 0.15) is 18.4 Å². The van der Waals surface area contributed by atoms with E-state index in [1.165, 1.54) is 0 Å². The van der Waals surface area contributed by atoms with Crippen LogP contribution in [0.3, 0.4) is 0 Å². The Morgan fingerprint density at radius 2 is 2.10 bits per heavy atom. The van der Waals surface area contributed by atoms with E-state index in [2.05, 4.69) is 20.3 Å². The van der Waals surface area contributed by atoms with E-state index in [1.54, 1.807) is 4.57 Å². The molecule has 0 fully saturated rings. The summed E-state index contributed by atoms with van der Waals surface area (Å²) in [6.45, 7) is 3.20. The molecule has 10 nitrogen and oxygen atoms in total. The van der Waals surface area contributed by atoms with Crippen molar-refractivity contribution in [3.63, 3.8) is 0 Å². The van der Waals surface area contributed by atoms with E-state index >= 15 is 0 Å². The zero-order valence-corrected chi connectivity index (χ0v) is 16.1. The summed E-state index contributed by atoms with van der Waals surface area (Å²) >= 11 is 0. The van der Waals surface area contributed by atoms with Crippen molar-refractivity contribution in [2.75, 3.05) is 25.0 Å². The summed E-state index contributed by atoms with van der Waals surface area (Å²) in [5.41, 5.74) is 7.31. The number of nitrogens with two attached hydrogens (primary N) is 1. The number of hydrogen-bond acceptors (Lipinski definition) is 8. The fraction of sp³-hybridized carbons (Fsp3) is 0.421. The first-order valence-electron chi connectivity index (χ1n) is 9.43. The predicted molar refractivity (Wildman–Crippen MR) is 109 cm³/mol. The van der Waals surface area contributed by atoms with Crippen LogP contribution in [0.2, 0.25) is 0 Å². The fourth-order valence-electron chi connectivity index (χ4n) is 3.31. The van der Waals surface area contributed by atoms with Crippen LogP contribution >= 0.6 is 0 Å². The number of rotatable bonds is 9. The minimum atomic E-state index is -0.756. The van der Waals surface area contributed by atoms with Crippen LogP contribution in [0, 0.1) is 12.8 Å². The molecule has 0 saturated carbocycles. The van der Waals surface area contributed by atoms with E-state index in [0.717, 1.165) is 17.5 Å². The van der Waals surface area contributed by atoms with Crippen LogP contribution in [0.15, 0.2) is 21.7 Å². The summed E-state index contributed by atoms with van der Waals surface area (Å²) < 4.78 is 1.73. The van der Waals surface area contributed by atoms with Crippen LogP contribution in [0.25, 0.3) is 22.6 Å². The normalized spacial score (nSPS) is 12.4. The second-order valence-corrected chi connectivity index (χ2v) is 6.88. The lowest BCUT2D eigenvalue weighted by atomic mass is 10.0. The third-order valence-electron chi connectivity index (χ3n) is 4.83. The fourth-order valence-corrected chi connectivity index (χ4v) is 3.31.